The maximum absolute atomic E-state index is 14.1. The maximum Gasteiger partial charge on any atom is 1.00 e. The number of hydrogen-bond acceptors (Lipinski definition) is 21. The van der Waals surface area contributed by atoms with Crippen molar-refractivity contribution in [3.63, 3.8) is 0 Å². The summed E-state index contributed by atoms with van der Waals surface area (Å²) in [6.45, 7) is 1.56. The van der Waals surface area contributed by atoms with Gasteiger partial charge in [-0.1, -0.05) is 35.8 Å². The second kappa shape index (κ2) is 25.0. The van der Waals surface area contributed by atoms with Gasteiger partial charge >= 0.3 is 88.7 Å². The number of halogens is 1. The molecule has 7 aromatic rings. The van der Waals surface area contributed by atoms with Crippen LogP contribution in [0.25, 0.3) is 10.8 Å². The second-order valence-electron chi connectivity index (χ2n) is 14.3. The van der Waals surface area contributed by atoms with Gasteiger partial charge in [-0.2, -0.15) is 35.4 Å². The zero-order valence-electron chi connectivity index (χ0n) is 39.1. The van der Waals surface area contributed by atoms with Gasteiger partial charge in [0.15, 0.2) is 0 Å². The summed E-state index contributed by atoms with van der Waals surface area (Å²) < 4.78 is 110. The van der Waals surface area contributed by atoms with E-state index in [-0.39, 0.29) is 162 Å². The van der Waals surface area contributed by atoms with Crippen LogP contribution in [0.1, 0.15) is 15.9 Å². The summed E-state index contributed by atoms with van der Waals surface area (Å²) in [5.74, 6) is -3.64. The molecule has 0 aliphatic rings. The van der Waals surface area contributed by atoms with Crippen molar-refractivity contribution in [2.45, 2.75) is 21.6 Å². The van der Waals surface area contributed by atoms with Crippen molar-refractivity contribution >= 4 is 110 Å². The van der Waals surface area contributed by atoms with Crippen molar-refractivity contribution in [3.05, 3.63) is 119 Å². The molecular weight excluding hydrogens is 1090 g/mol. The van der Waals surface area contributed by atoms with Gasteiger partial charge in [0.25, 0.3) is 30.4 Å². The van der Waals surface area contributed by atoms with Crippen LogP contribution in [-0.2, 0) is 30.4 Å². The number of rotatable bonds is 14. The molecule has 7 rings (SSSR count). The molecule has 0 saturated carbocycles. The van der Waals surface area contributed by atoms with Crippen LogP contribution in [0.15, 0.2) is 146 Å². The van der Waals surface area contributed by atoms with Crippen LogP contribution < -0.4 is 125 Å². The Morgan fingerprint density at radius 2 is 1.26 bits per heavy atom. The average Bonchev–Trinajstić information content (AvgIpc) is 3.29. The van der Waals surface area contributed by atoms with E-state index in [0.717, 1.165) is 36.4 Å². The predicted octanol–water partition coefficient (Wildman–Crippen LogP) is -3.12. The Labute approximate surface area is 489 Å². The number of carboxylic acid groups (broad SMARTS) is 1. The molecule has 0 spiro atoms. The minimum absolute atomic E-state index is 0. The summed E-state index contributed by atoms with van der Waals surface area (Å²) in [4.78, 5) is 26.4. The minimum Gasteiger partial charge on any atom is -0.872 e. The van der Waals surface area contributed by atoms with Gasteiger partial charge in [-0.15, -0.1) is 25.6 Å². The topological polar surface area (TPSA) is 414 Å². The number of carbonyl (C=O) groups excluding carboxylic acids is 1. The molecule has 0 atom stereocenters. The largest absolute Gasteiger partial charge is 1.00 e. The molecule has 0 aliphatic carbocycles. The number of methoxy groups -OCH3 is 1. The molecule has 0 bridgehead atoms. The SMILES string of the molecule is CNc1ccc2c([O-])c(N=Nc3cc(C)c(N=Nc4ccccc4S(=O)(=O)O)cc3OC)c(S(=O)(=O)O)cc2c1N=Nc1ccc(N=c2[nH]c(Cl)nc(=Nc3ccc([O-])c(C(=O)[O-])c3)[nH]2)cc1S(=O)(=O)O.[Na+].[Na+].[Na+]. The summed E-state index contributed by atoms with van der Waals surface area (Å²) >= 11 is 6.10. The van der Waals surface area contributed by atoms with E-state index in [1.165, 1.54) is 68.8 Å². The first-order valence-electron chi connectivity index (χ1n) is 19.5. The smallest absolute Gasteiger partial charge is 0.872 e. The van der Waals surface area contributed by atoms with Gasteiger partial charge in [-0.3, -0.25) is 18.6 Å². The van der Waals surface area contributed by atoms with Gasteiger partial charge in [0.2, 0.25) is 16.5 Å². The molecule has 33 heteroatoms. The number of anilines is 1. The number of fused-ring (bicyclic) bond motifs is 1. The molecule has 1 aromatic heterocycles. The van der Waals surface area contributed by atoms with Gasteiger partial charge in [0.05, 0.1) is 41.5 Å². The molecule has 0 radical (unpaired) electrons. The number of nitrogens with one attached hydrogen (secondary N) is 3. The molecule has 74 heavy (non-hydrogen) atoms. The number of H-pyrrole nitrogens is 2. The first-order chi connectivity index (χ1) is 33.4. The Bertz CT molecular complexity index is 3960. The van der Waals surface area contributed by atoms with Gasteiger partial charge in [-0.05, 0) is 95.7 Å². The van der Waals surface area contributed by atoms with E-state index in [1.807, 2.05) is 0 Å². The Morgan fingerprint density at radius 3 is 1.91 bits per heavy atom. The standard InChI is InChI=1S/C41H33ClN12O14S3.3Na/c1-19-14-29(31(68-3)18-28(19)51-49-25-6-4-5-7-32(25)69(59,60)61)52-54-36-34(71(65,66)67)17-23-22(37(36)56)10-12-27(43-2)35(23)53-50-26-11-8-21(16-33(26)70(62,63)64)45-41-47-39(42)46-40(48-41)44-20-9-13-30(55)24(15-20)38(57)58;;;/h4-18,43,55-56H,1-3H3,(H,57,58)(H,59,60,61)(H,62,63,64)(H,65,66,67)(H2,44,45,46,47,48);;;/q;3*+1/p-3. The van der Waals surface area contributed by atoms with Crippen molar-refractivity contribution in [1.29, 1.82) is 0 Å². The number of hydrogen-bond donors (Lipinski definition) is 6. The average molecular weight is 1120 g/mol. The number of aromatic amines is 2. The van der Waals surface area contributed by atoms with E-state index < -0.39 is 79.4 Å². The predicted molar refractivity (Wildman–Crippen MR) is 244 cm³/mol. The van der Waals surface area contributed by atoms with Crippen molar-refractivity contribution in [3.8, 4) is 17.2 Å². The fraction of sp³-hybridized carbons (Fsp3) is 0.0732. The van der Waals surface area contributed by atoms with E-state index in [4.69, 9.17) is 16.3 Å². The molecule has 0 fully saturated rings. The second-order valence-corrected chi connectivity index (χ2v) is 18.9. The Kier molecular flexibility index (Phi) is 20.7. The van der Waals surface area contributed by atoms with Crippen LogP contribution >= 0.6 is 11.6 Å². The molecule has 6 N–H and O–H groups in total. The van der Waals surface area contributed by atoms with Crippen LogP contribution in [-0.4, -0.2) is 74.0 Å². The number of aromatic nitrogens is 3. The molecule has 26 nitrogen and oxygen atoms in total. The number of aromatic carboxylic acids is 1. The summed E-state index contributed by atoms with van der Waals surface area (Å²) in [5.41, 5.74) is -2.43. The van der Waals surface area contributed by atoms with Gasteiger partial charge in [0, 0.05) is 18.5 Å². The molecule has 0 unspecified atom stereocenters. The molecular formula is C41H30ClN12Na3O14S3. The molecule has 0 saturated heterocycles. The van der Waals surface area contributed by atoms with E-state index in [1.54, 1.807) is 6.92 Å². The zero-order valence-corrected chi connectivity index (χ0v) is 48.3. The normalized spacial score (nSPS) is 12.5. The summed E-state index contributed by atoms with van der Waals surface area (Å²) in [5, 5.41) is 63.4. The number of carbonyl (C=O) groups is 1. The first kappa shape index (κ1) is 61.2. The molecule has 0 aliphatic heterocycles. The van der Waals surface area contributed by atoms with Crippen LogP contribution in [0.2, 0.25) is 5.28 Å². The minimum atomic E-state index is -5.26. The Hall–Kier alpha value is -5.32. The van der Waals surface area contributed by atoms with E-state index in [0.29, 0.717) is 5.56 Å². The number of benzene rings is 6. The quantitative estimate of drug-likeness (QED) is 0.0356. The number of carboxylic acids is 1. The number of nitrogens with zero attached hydrogens (tertiary/aromatic N) is 9. The third-order valence-corrected chi connectivity index (χ3v) is 12.5. The van der Waals surface area contributed by atoms with Gasteiger partial charge in [-0.25, -0.2) is 9.98 Å². The first-order valence-corrected chi connectivity index (χ1v) is 24.2. The Morgan fingerprint density at radius 1 is 0.662 bits per heavy atom. The van der Waals surface area contributed by atoms with Crippen LogP contribution in [0, 0.1) is 6.92 Å². The molecule has 6 aromatic carbocycles. The third-order valence-electron chi connectivity index (χ3n) is 9.69. The number of ether oxygens (including phenoxy) is 1. The Balaban J connectivity index is 0.00000395. The van der Waals surface area contributed by atoms with Gasteiger partial charge < -0.3 is 35.2 Å². The van der Waals surface area contributed by atoms with Crippen LogP contribution in [0.3, 0.4) is 0 Å². The fourth-order valence-corrected chi connectivity index (χ4v) is 8.51. The number of aryl methyl sites for hydroxylation is 1. The van der Waals surface area contributed by atoms with E-state index in [9.17, 15) is 59.0 Å². The van der Waals surface area contributed by atoms with Crippen molar-refractivity contribution in [1.82, 2.24) is 15.0 Å². The van der Waals surface area contributed by atoms with E-state index in [2.05, 4.69) is 60.9 Å². The summed E-state index contributed by atoms with van der Waals surface area (Å²) in [7, 11) is -12.3. The summed E-state index contributed by atoms with van der Waals surface area (Å²) in [6.07, 6.45) is 0. The van der Waals surface area contributed by atoms with E-state index >= 15 is 0 Å². The van der Waals surface area contributed by atoms with Crippen molar-refractivity contribution < 1.29 is 152 Å². The monoisotopic (exact) mass is 1110 g/mol. The molecule has 1 heterocycles. The maximum atomic E-state index is 14.1. The fourth-order valence-electron chi connectivity index (χ4n) is 6.43. The molecule has 366 valence electrons. The third kappa shape index (κ3) is 14.3. The zero-order chi connectivity index (χ0) is 51.6. The summed E-state index contributed by atoms with van der Waals surface area (Å²) in [6, 6.07) is 17.8. The van der Waals surface area contributed by atoms with Crippen molar-refractivity contribution in [2.75, 3.05) is 19.5 Å². The van der Waals surface area contributed by atoms with Crippen LogP contribution in [0.5, 0.6) is 17.2 Å². The van der Waals surface area contributed by atoms with Crippen molar-refractivity contribution in [2.24, 2.45) is 40.7 Å². The van der Waals surface area contributed by atoms with Crippen LogP contribution in [0.4, 0.5) is 51.2 Å². The van der Waals surface area contributed by atoms with Gasteiger partial charge in [0.1, 0.15) is 43.2 Å². The number of azo groups is 3. The molecule has 0 amide bonds.